The van der Waals surface area contributed by atoms with E-state index in [0.717, 1.165) is 39.1 Å². The van der Waals surface area contributed by atoms with Gasteiger partial charge in [-0.15, -0.1) is 0 Å². The van der Waals surface area contributed by atoms with E-state index in [1.54, 1.807) is 0 Å². The third-order valence-electron chi connectivity index (χ3n) is 3.74. The predicted molar refractivity (Wildman–Crippen MR) is 66.0 cm³/mol. The van der Waals surface area contributed by atoms with Crippen LogP contribution in [0.1, 0.15) is 18.4 Å². The Morgan fingerprint density at radius 2 is 2.00 bits per heavy atom. The summed E-state index contributed by atoms with van der Waals surface area (Å²) in [6.45, 7) is 3.49. The molecule has 0 amide bonds. The largest absolute Gasteiger partial charge is 0.378 e. The predicted octanol–water partition coefficient (Wildman–Crippen LogP) is 2.08. The fraction of sp³-hybridized carbons (Fsp3) is 0.500. The van der Waals surface area contributed by atoms with Gasteiger partial charge in [0.1, 0.15) is 0 Å². The number of hydrogen-bond donors (Lipinski definition) is 0. The van der Waals surface area contributed by atoms with Gasteiger partial charge in [-0.25, -0.2) is 0 Å². The van der Waals surface area contributed by atoms with Crippen LogP contribution in [0.25, 0.3) is 0 Å². The highest BCUT2D eigenvalue weighted by molar-refractivity contribution is 5.53. The highest BCUT2D eigenvalue weighted by atomic mass is 16.5. The first-order chi connectivity index (χ1) is 8.34. The van der Waals surface area contributed by atoms with Crippen molar-refractivity contribution < 1.29 is 4.74 Å². The van der Waals surface area contributed by atoms with Gasteiger partial charge in [-0.2, -0.15) is 5.26 Å². The molecule has 1 saturated heterocycles. The SMILES string of the molecule is N#CC1(c2cccc(N3CCOCC3)c2)CC1. The lowest BCUT2D eigenvalue weighted by Crippen LogP contribution is -2.36. The van der Waals surface area contributed by atoms with Gasteiger partial charge in [0.2, 0.25) is 0 Å². The van der Waals surface area contributed by atoms with Crippen LogP contribution in [0.15, 0.2) is 24.3 Å². The molecule has 1 aromatic rings. The minimum atomic E-state index is -0.178. The number of ether oxygens (including phenoxy) is 1. The van der Waals surface area contributed by atoms with E-state index in [1.807, 2.05) is 0 Å². The first-order valence-corrected chi connectivity index (χ1v) is 6.19. The number of nitriles is 1. The zero-order valence-electron chi connectivity index (χ0n) is 9.85. The van der Waals surface area contributed by atoms with E-state index in [0.29, 0.717) is 0 Å². The Morgan fingerprint density at radius 3 is 2.65 bits per heavy atom. The van der Waals surface area contributed by atoms with Crippen molar-refractivity contribution in [2.45, 2.75) is 18.3 Å². The second-order valence-corrected chi connectivity index (χ2v) is 4.84. The summed E-state index contributed by atoms with van der Waals surface area (Å²) in [6.07, 6.45) is 2.02. The van der Waals surface area contributed by atoms with E-state index in [1.165, 1.54) is 11.3 Å². The summed E-state index contributed by atoms with van der Waals surface area (Å²) in [5.41, 5.74) is 2.23. The molecular weight excluding hydrogens is 212 g/mol. The molecule has 3 heteroatoms. The van der Waals surface area contributed by atoms with Gasteiger partial charge in [-0.3, -0.25) is 0 Å². The van der Waals surface area contributed by atoms with Crippen LogP contribution in [-0.4, -0.2) is 26.3 Å². The van der Waals surface area contributed by atoms with Gasteiger partial charge in [0.25, 0.3) is 0 Å². The van der Waals surface area contributed by atoms with Crippen LogP contribution in [0.5, 0.6) is 0 Å². The molecule has 0 N–H and O–H groups in total. The van der Waals surface area contributed by atoms with E-state index in [9.17, 15) is 5.26 Å². The van der Waals surface area contributed by atoms with Gasteiger partial charge in [-0.1, -0.05) is 12.1 Å². The van der Waals surface area contributed by atoms with Crippen molar-refractivity contribution in [1.29, 1.82) is 5.26 Å². The Balaban J connectivity index is 1.86. The summed E-state index contributed by atoms with van der Waals surface area (Å²) in [6, 6.07) is 10.9. The van der Waals surface area contributed by atoms with Gasteiger partial charge < -0.3 is 9.64 Å². The molecule has 3 nitrogen and oxygen atoms in total. The van der Waals surface area contributed by atoms with Gasteiger partial charge >= 0.3 is 0 Å². The van der Waals surface area contributed by atoms with Crippen LogP contribution in [0.3, 0.4) is 0 Å². The standard InChI is InChI=1S/C14H16N2O/c15-11-14(4-5-14)12-2-1-3-13(10-12)16-6-8-17-9-7-16/h1-3,10H,4-9H2. The Kier molecular flexibility index (Phi) is 2.53. The molecule has 17 heavy (non-hydrogen) atoms. The Morgan fingerprint density at radius 1 is 1.24 bits per heavy atom. The van der Waals surface area contributed by atoms with E-state index in [-0.39, 0.29) is 5.41 Å². The normalized spacial score (nSPS) is 21.9. The molecule has 0 bridgehead atoms. The van der Waals surface area contributed by atoms with Crippen molar-refractivity contribution in [1.82, 2.24) is 0 Å². The van der Waals surface area contributed by atoms with Crippen LogP contribution in [-0.2, 0) is 10.2 Å². The number of hydrogen-bond acceptors (Lipinski definition) is 3. The fourth-order valence-electron chi connectivity index (χ4n) is 2.41. The average molecular weight is 228 g/mol. The van der Waals surface area contributed by atoms with E-state index in [2.05, 4.69) is 35.2 Å². The lowest BCUT2D eigenvalue weighted by atomic mass is 9.97. The van der Waals surface area contributed by atoms with Crippen LogP contribution >= 0.6 is 0 Å². The number of benzene rings is 1. The Labute approximate surface area is 102 Å². The summed E-state index contributed by atoms with van der Waals surface area (Å²) in [5, 5.41) is 9.23. The van der Waals surface area contributed by atoms with E-state index >= 15 is 0 Å². The molecule has 1 aliphatic heterocycles. The molecule has 2 fully saturated rings. The van der Waals surface area contributed by atoms with Crippen molar-refractivity contribution in [3.63, 3.8) is 0 Å². The molecular formula is C14H16N2O. The summed E-state index contributed by atoms with van der Waals surface area (Å²) < 4.78 is 5.36. The molecule has 0 radical (unpaired) electrons. The van der Waals surface area contributed by atoms with Gasteiger partial charge in [0.05, 0.1) is 24.7 Å². The monoisotopic (exact) mass is 228 g/mol. The van der Waals surface area contributed by atoms with Crippen molar-refractivity contribution in [2.24, 2.45) is 0 Å². The molecule has 1 aromatic carbocycles. The topological polar surface area (TPSA) is 36.3 Å². The van der Waals surface area contributed by atoms with E-state index < -0.39 is 0 Å². The first kappa shape index (κ1) is 10.6. The Hall–Kier alpha value is -1.53. The number of morpholine rings is 1. The van der Waals surface area contributed by atoms with Crippen molar-refractivity contribution in [3.05, 3.63) is 29.8 Å². The zero-order valence-corrected chi connectivity index (χ0v) is 9.85. The minimum Gasteiger partial charge on any atom is -0.378 e. The van der Waals surface area contributed by atoms with Crippen molar-refractivity contribution >= 4 is 5.69 Å². The highest BCUT2D eigenvalue weighted by Gasteiger charge is 2.44. The maximum atomic E-state index is 9.23. The summed E-state index contributed by atoms with van der Waals surface area (Å²) >= 11 is 0. The van der Waals surface area contributed by atoms with Crippen LogP contribution in [0.2, 0.25) is 0 Å². The molecule has 88 valence electrons. The maximum absolute atomic E-state index is 9.23. The number of rotatable bonds is 2. The molecule has 1 aliphatic carbocycles. The molecule has 0 atom stereocenters. The summed E-state index contributed by atoms with van der Waals surface area (Å²) in [5.74, 6) is 0. The lowest BCUT2D eigenvalue weighted by Gasteiger charge is -2.29. The maximum Gasteiger partial charge on any atom is 0.0824 e. The fourth-order valence-corrected chi connectivity index (χ4v) is 2.41. The molecule has 0 spiro atoms. The average Bonchev–Trinajstić information content (AvgIpc) is 3.21. The molecule has 0 unspecified atom stereocenters. The molecule has 1 saturated carbocycles. The molecule has 2 aliphatic rings. The molecule has 1 heterocycles. The van der Waals surface area contributed by atoms with Crippen LogP contribution in [0, 0.1) is 11.3 Å². The Bertz CT molecular complexity index is 454. The second kappa shape index (κ2) is 4.05. The second-order valence-electron chi connectivity index (χ2n) is 4.84. The smallest absolute Gasteiger partial charge is 0.0824 e. The highest BCUT2D eigenvalue weighted by Crippen LogP contribution is 2.48. The van der Waals surface area contributed by atoms with Gasteiger partial charge in [-0.05, 0) is 30.5 Å². The lowest BCUT2D eigenvalue weighted by molar-refractivity contribution is 0.122. The van der Waals surface area contributed by atoms with Crippen LogP contribution in [0.4, 0.5) is 5.69 Å². The molecule has 3 rings (SSSR count). The van der Waals surface area contributed by atoms with Crippen molar-refractivity contribution in [2.75, 3.05) is 31.2 Å². The molecule has 0 aromatic heterocycles. The minimum absolute atomic E-state index is 0.178. The summed E-state index contributed by atoms with van der Waals surface area (Å²) in [7, 11) is 0. The van der Waals surface area contributed by atoms with Crippen molar-refractivity contribution in [3.8, 4) is 6.07 Å². The van der Waals surface area contributed by atoms with Gasteiger partial charge in [0.15, 0.2) is 0 Å². The third-order valence-corrected chi connectivity index (χ3v) is 3.74. The zero-order chi connectivity index (χ0) is 11.7. The van der Waals surface area contributed by atoms with Gasteiger partial charge in [0, 0.05) is 18.8 Å². The number of nitrogens with zero attached hydrogens (tertiary/aromatic N) is 2. The quantitative estimate of drug-likeness (QED) is 0.777. The summed E-state index contributed by atoms with van der Waals surface area (Å²) in [4.78, 5) is 2.33. The van der Waals surface area contributed by atoms with E-state index in [4.69, 9.17) is 4.74 Å². The third kappa shape index (κ3) is 1.89. The number of anilines is 1. The first-order valence-electron chi connectivity index (χ1n) is 6.19. The van der Waals surface area contributed by atoms with Crippen LogP contribution < -0.4 is 4.90 Å².